The van der Waals surface area contributed by atoms with Crippen molar-refractivity contribution in [3.8, 4) is 0 Å². The van der Waals surface area contributed by atoms with Crippen LogP contribution in [0.25, 0.3) is 0 Å². The number of nitrogens with one attached hydrogen (secondary N) is 1. The lowest BCUT2D eigenvalue weighted by atomic mass is 10.1. The molecule has 1 N–H and O–H groups in total. The summed E-state index contributed by atoms with van der Waals surface area (Å²) < 4.78 is 5.51. The molecule has 0 saturated carbocycles. The summed E-state index contributed by atoms with van der Waals surface area (Å²) in [6.45, 7) is 0.651. The Morgan fingerprint density at radius 3 is 2.95 bits per heavy atom. The van der Waals surface area contributed by atoms with Gasteiger partial charge in [-0.05, 0) is 37.1 Å². The molecule has 4 nitrogen and oxygen atoms in total. The third-order valence-electron chi connectivity index (χ3n) is 3.16. The Morgan fingerprint density at radius 1 is 1.50 bits per heavy atom. The van der Waals surface area contributed by atoms with E-state index in [2.05, 4.69) is 5.32 Å². The highest BCUT2D eigenvalue weighted by molar-refractivity contribution is 6.31. The minimum atomic E-state index is -0.0476. The van der Waals surface area contributed by atoms with Crippen LogP contribution in [-0.2, 0) is 4.74 Å². The predicted molar refractivity (Wildman–Crippen MR) is 81.2 cm³/mol. The van der Waals surface area contributed by atoms with Crippen LogP contribution in [0.4, 0.5) is 5.69 Å². The van der Waals surface area contributed by atoms with Crippen LogP contribution in [-0.4, -0.2) is 37.6 Å². The molecule has 1 unspecified atom stereocenters. The summed E-state index contributed by atoms with van der Waals surface area (Å²) in [6, 6.07) is 5.24. The number of anilines is 1. The minimum Gasteiger partial charge on any atom is -0.497 e. The molecule has 1 amide bonds. The second kappa shape index (κ2) is 6.66. The zero-order valence-electron chi connectivity index (χ0n) is 11.7. The van der Waals surface area contributed by atoms with Gasteiger partial charge in [0.25, 0.3) is 5.91 Å². The van der Waals surface area contributed by atoms with Crippen molar-refractivity contribution in [1.82, 2.24) is 4.90 Å². The number of carbonyl (C=O) groups is 1. The number of hydrogen-bond acceptors (Lipinski definition) is 3. The van der Waals surface area contributed by atoms with Gasteiger partial charge >= 0.3 is 0 Å². The monoisotopic (exact) mass is 294 g/mol. The lowest BCUT2D eigenvalue weighted by molar-refractivity contribution is 0.0828. The predicted octanol–water partition coefficient (Wildman–Crippen LogP) is 3.15. The van der Waals surface area contributed by atoms with Crippen molar-refractivity contribution in [3.63, 3.8) is 0 Å². The van der Waals surface area contributed by atoms with Gasteiger partial charge < -0.3 is 15.0 Å². The van der Waals surface area contributed by atoms with Crippen molar-refractivity contribution in [1.29, 1.82) is 0 Å². The van der Waals surface area contributed by atoms with E-state index in [9.17, 15) is 4.79 Å². The molecule has 1 atom stereocenters. The number of allylic oxidation sites excluding steroid dienone is 1. The van der Waals surface area contributed by atoms with Crippen molar-refractivity contribution in [2.45, 2.75) is 18.9 Å². The van der Waals surface area contributed by atoms with E-state index in [1.54, 1.807) is 43.5 Å². The van der Waals surface area contributed by atoms with Crippen molar-refractivity contribution in [2.75, 3.05) is 26.0 Å². The fraction of sp³-hybridized carbons (Fsp3) is 0.400. The maximum absolute atomic E-state index is 12.1. The van der Waals surface area contributed by atoms with Crippen molar-refractivity contribution < 1.29 is 9.53 Å². The van der Waals surface area contributed by atoms with Crippen LogP contribution in [0.5, 0.6) is 0 Å². The van der Waals surface area contributed by atoms with Gasteiger partial charge in [0.05, 0.1) is 18.4 Å². The van der Waals surface area contributed by atoms with E-state index in [1.165, 1.54) is 0 Å². The van der Waals surface area contributed by atoms with Crippen molar-refractivity contribution in [2.24, 2.45) is 0 Å². The van der Waals surface area contributed by atoms with Gasteiger partial charge in [0, 0.05) is 24.8 Å². The Balaban J connectivity index is 2.10. The van der Waals surface area contributed by atoms with Gasteiger partial charge in [-0.15, -0.1) is 0 Å². The molecule has 5 heteroatoms. The second-order valence-electron chi connectivity index (χ2n) is 4.98. The summed E-state index contributed by atoms with van der Waals surface area (Å²) in [7, 11) is 3.46. The number of nitrogens with zero attached hydrogens (tertiary/aromatic N) is 1. The van der Waals surface area contributed by atoms with Gasteiger partial charge in [-0.2, -0.15) is 0 Å². The first-order valence-electron chi connectivity index (χ1n) is 6.63. The lowest BCUT2D eigenvalue weighted by Gasteiger charge is -2.22. The van der Waals surface area contributed by atoms with Gasteiger partial charge in [-0.25, -0.2) is 0 Å². The number of ether oxygens (including phenoxy) is 1. The maximum atomic E-state index is 12.1. The SMILES string of the molecule is CN(C)C(=O)c1ccc(Cl)cc1NCC1CCC=CO1. The normalized spacial score (nSPS) is 17.4. The van der Waals surface area contributed by atoms with Crippen molar-refractivity contribution >= 4 is 23.2 Å². The molecule has 0 radical (unpaired) electrons. The lowest BCUT2D eigenvalue weighted by Crippen LogP contribution is -2.26. The molecule has 0 aromatic heterocycles. The first-order valence-corrected chi connectivity index (χ1v) is 7.01. The van der Waals surface area contributed by atoms with E-state index in [0.29, 0.717) is 17.1 Å². The van der Waals surface area contributed by atoms with Crippen LogP contribution >= 0.6 is 11.6 Å². The number of carbonyl (C=O) groups excluding carboxylic acids is 1. The van der Waals surface area contributed by atoms with Crippen LogP contribution in [0.3, 0.4) is 0 Å². The molecule has 1 aliphatic rings. The fourth-order valence-corrected chi connectivity index (χ4v) is 2.22. The van der Waals surface area contributed by atoms with Crippen LogP contribution < -0.4 is 5.32 Å². The van der Waals surface area contributed by atoms with Crippen LogP contribution in [0.2, 0.25) is 5.02 Å². The molecule has 1 aromatic carbocycles. The molecule has 20 heavy (non-hydrogen) atoms. The molecular weight excluding hydrogens is 276 g/mol. The molecule has 1 aromatic rings. The molecule has 0 bridgehead atoms. The summed E-state index contributed by atoms with van der Waals surface area (Å²) in [4.78, 5) is 13.7. The number of rotatable bonds is 4. The highest BCUT2D eigenvalue weighted by atomic mass is 35.5. The molecule has 0 spiro atoms. The third-order valence-corrected chi connectivity index (χ3v) is 3.40. The summed E-state index contributed by atoms with van der Waals surface area (Å²) in [6.07, 6.45) is 5.87. The molecule has 2 rings (SSSR count). The number of amides is 1. The Labute approximate surface area is 124 Å². The van der Waals surface area contributed by atoms with Crippen LogP contribution in [0.1, 0.15) is 23.2 Å². The number of hydrogen-bond donors (Lipinski definition) is 1. The van der Waals surface area contributed by atoms with Gasteiger partial charge in [-0.1, -0.05) is 11.6 Å². The zero-order chi connectivity index (χ0) is 14.5. The van der Waals surface area contributed by atoms with E-state index >= 15 is 0 Å². The largest absolute Gasteiger partial charge is 0.497 e. The molecule has 0 fully saturated rings. The average molecular weight is 295 g/mol. The van der Waals surface area contributed by atoms with E-state index < -0.39 is 0 Å². The molecular formula is C15H19ClN2O2. The Morgan fingerprint density at radius 2 is 2.30 bits per heavy atom. The van der Waals surface area contributed by atoms with Crippen LogP contribution in [0, 0.1) is 0 Å². The Kier molecular flexibility index (Phi) is 4.90. The van der Waals surface area contributed by atoms with Crippen LogP contribution in [0.15, 0.2) is 30.5 Å². The maximum Gasteiger partial charge on any atom is 0.255 e. The second-order valence-corrected chi connectivity index (χ2v) is 5.41. The van der Waals surface area contributed by atoms with E-state index in [0.717, 1.165) is 18.5 Å². The topological polar surface area (TPSA) is 41.6 Å². The van der Waals surface area contributed by atoms with E-state index in [1.807, 2.05) is 6.08 Å². The third kappa shape index (κ3) is 3.67. The highest BCUT2D eigenvalue weighted by Gasteiger charge is 2.16. The minimum absolute atomic E-state index is 0.0476. The van der Waals surface area contributed by atoms with Gasteiger partial charge in [-0.3, -0.25) is 4.79 Å². The summed E-state index contributed by atoms with van der Waals surface area (Å²) in [5.41, 5.74) is 1.36. The first kappa shape index (κ1) is 14.7. The Bertz CT molecular complexity index is 515. The molecule has 1 heterocycles. The van der Waals surface area contributed by atoms with Gasteiger partial charge in [0.1, 0.15) is 6.10 Å². The highest BCUT2D eigenvalue weighted by Crippen LogP contribution is 2.23. The first-order chi connectivity index (χ1) is 9.58. The molecule has 0 saturated heterocycles. The van der Waals surface area contributed by atoms with Gasteiger partial charge in [0.15, 0.2) is 0 Å². The zero-order valence-corrected chi connectivity index (χ0v) is 12.5. The molecule has 1 aliphatic heterocycles. The fourth-order valence-electron chi connectivity index (χ4n) is 2.05. The standard InChI is InChI=1S/C15H19ClN2O2/c1-18(2)15(19)13-7-6-11(16)9-14(13)17-10-12-5-3-4-8-20-12/h4,6-9,12,17H,3,5,10H2,1-2H3. The summed E-state index contributed by atoms with van der Waals surface area (Å²) in [5, 5.41) is 3.87. The van der Waals surface area contributed by atoms with E-state index in [4.69, 9.17) is 16.3 Å². The molecule has 108 valence electrons. The Hall–Kier alpha value is -1.68. The van der Waals surface area contributed by atoms with Gasteiger partial charge in [0.2, 0.25) is 0 Å². The average Bonchev–Trinajstić information content (AvgIpc) is 2.45. The quantitative estimate of drug-likeness (QED) is 0.927. The molecule has 0 aliphatic carbocycles. The smallest absolute Gasteiger partial charge is 0.255 e. The number of benzene rings is 1. The summed E-state index contributed by atoms with van der Waals surface area (Å²) in [5.74, 6) is -0.0476. The summed E-state index contributed by atoms with van der Waals surface area (Å²) >= 11 is 6.02. The number of halogens is 1. The van der Waals surface area contributed by atoms with Crippen molar-refractivity contribution in [3.05, 3.63) is 41.1 Å². The van der Waals surface area contributed by atoms with E-state index in [-0.39, 0.29) is 12.0 Å².